The quantitative estimate of drug-likeness (QED) is 0.740. The first-order valence-corrected chi connectivity index (χ1v) is 9.44. The summed E-state index contributed by atoms with van der Waals surface area (Å²) in [5.74, 6) is 0.733. The number of hydrogen-bond acceptors (Lipinski definition) is 5. The van der Waals surface area contributed by atoms with Crippen molar-refractivity contribution in [3.63, 3.8) is 0 Å². The van der Waals surface area contributed by atoms with Gasteiger partial charge in [0.1, 0.15) is 5.58 Å². The third-order valence-corrected chi connectivity index (χ3v) is 5.77. The van der Waals surface area contributed by atoms with Crippen molar-refractivity contribution in [1.82, 2.24) is 15.2 Å². The van der Waals surface area contributed by atoms with Crippen LogP contribution < -0.4 is 5.32 Å². The average molecular weight is 341 g/mol. The van der Waals surface area contributed by atoms with Crippen LogP contribution in [0.25, 0.3) is 11.0 Å². The first-order chi connectivity index (χ1) is 11.8. The van der Waals surface area contributed by atoms with E-state index in [9.17, 15) is 0 Å². The van der Waals surface area contributed by atoms with E-state index in [0.29, 0.717) is 0 Å². The van der Waals surface area contributed by atoms with E-state index in [-0.39, 0.29) is 0 Å². The number of thiazole rings is 1. The zero-order chi connectivity index (χ0) is 16.4. The summed E-state index contributed by atoms with van der Waals surface area (Å²) in [6, 6.07) is 8.30. The van der Waals surface area contributed by atoms with Crippen LogP contribution in [0.5, 0.6) is 0 Å². The largest absolute Gasteiger partial charge is 0.464 e. The highest BCUT2D eigenvalue weighted by atomic mass is 32.1. The second-order valence-electron chi connectivity index (χ2n) is 6.65. The van der Waals surface area contributed by atoms with Gasteiger partial charge in [0.15, 0.2) is 0 Å². The molecule has 0 spiro atoms. The Morgan fingerprint density at radius 3 is 3.04 bits per heavy atom. The highest BCUT2D eigenvalue weighted by Gasteiger charge is 2.20. The molecule has 0 bridgehead atoms. The molecule has 4 rings (SSSR count). The molecule has 0 saturated carbocycles. The van der Waals surface area contributed by atoms with E-state index in [2.05, 4.69) is 34.3 Å². The molecule has 0 aliphatic carbocycles. The summed E-state index contributed by atoms with van der Waals surface area (Å²) in [6.45, 7) is 7.38. The summed E-state index contributed by atoms with van der Waals surface area (Å²) in [7, 11) is 0. The summed E-state index contributed by atoms with van der Waals surface area (Å²) >= 11 is 1.76. The van der Waals surface area contributed by atoms with Crippen molar-refractivity contribution in [2.24, 2.45) is 5.92 Å². The van der Waals surface area contributed by atoms with E-state index in [1.54, 1.807) is 11.3 Å². The van der Waals surface area contributed by atoms with Crippen LogP contribution in [0.15, 0.2) is 40.5 Å². The van der Waals surface area contributed by atoms with Gasteiger partial charge in [-0.05, 0) is 38.4 Å². The lowest BCUT2D eigenvalue weighted by Crippen LogP contribution is -2.29. The minimum atomic E-state index is 0.733. The fraction of sp³-hybridized carbons (Fsp3) is 0.421. The smallest absolute Gasteiger partial charge is 0.134 e. The van der Waals surface area contributed by atoms with E-state index in [4.69, 9.17) is 4.42 Å². The molecule has 3 heterocycles. The zero-order valence-corrected chi connectivity index (χ0v) is 14.8. The summed E-state index contributed by atoms with van der Waals surface area (Å²) < 4.78 is 5.73. The maximum absolute atomic E-state index is 5.73. The second-order valence-corrected chi connectivity index (χ2v) is 7.59. The molecular formula is C19H23N3OS. The number of rotatable bonds is 6. The van der Waals surface area contributed by atoms with Gasteiger partial charge in [0.25, 0.3) is 0 Å². The SMILES string of the molecule is Cc1ncsc1CN(Cc1coc2ccccc12)CC1CCNC1. The number of fused-ring (bicyclic) bond motifs is 1. The fourth-order valence-electron chi connectivity index (χ4n) is 3.50. The minimum absolute atomic E-state index is 0.733. The molecule has 1 aliphatic rings. The van der Waals surface area contributed by atoms with Crippen molar-refractivity contribution in [2.45, 2.75) is 26.4 Å². The molecular weight excluding hydrogens is 318 g/mol. The topological polar surface area (TPSA) is 41.3 Å². The Morgan fingerprint density at radius 2 is 2.25 bits per heavy atom. The number of furan rings is 1. The van der Waals surface area contributed by atoms with Crippen molar-refractivity contribution >= 4 is 22.3 Å². The van der Waals surface area contributed by atoms with Gasteiger partial charge < -0.3 is 9.73 Å². The lowest BCUT2D eigenvalue weighted by atomic mass is 10.1. The standard InChI is InChI=1S/C19H23N3OS/c1-14-19(24-13-21-14)11-22(9-15-6-7-20-8-15)10-16-12-23-18-5-3-2-4-17(16)18/h2-5,12-13,15,20H,6-11H2,1H3. The highest BCUT2D eigenvalue weighted by Crippen LogP contribution is 2.25. The first kappa shape index (κ1) is 15.8. The van der Waals surface area contributed by atoms with Crippen molar-refractivity contribution in [2.75, 3.05) is 19.6 Å². The van der Waals surface area contributed by atoms with Crippen LogP contribution in [-0.4, -0.2) is 29.5 Å². The molecule has 1 atom stereocenters. The van der Waals surface area contributed by atoms with Crippen LogP contribution in [0.2, 0.25) is 0 Å². The maximum Gasteiger partial charge on any atom is 0.134 e. The molecule has 1 saturated heterocycles. The Bertz CT molecular complexity index is 804. The molecule has 1 N–H and O–H groups in total. The van der Waals surface area contributed by atoms with Crippen molar-refractivity contribution in [3.05, 3.63) is 52.2 Å². The second kappa shape index (κ2) is 7.05. The molecule has 126 valence electrons. The average Bonchev–Trinajstić information content (AvgIpc) is 3.32. The van der Waals surface area contributed by atoms with Crippen LogP contribution in [0.4, 0.5) is 0 Å². The monoisotopic (exact) mass is 341 g/mol. The first-order valence-electron chi connectivity index (χ1n) is 8.57. The summed E-state index contributed by atoms with van der Waals surface area (Å²) in [5.41, 5.74) is 5.36. The van der Waals surface area contributed by atoms with Gasteiger partial charge in [-0.15, -0.1) is 11.3 Å². The highest BCUT2D eigenvalue weighted by molar-refractivity contribution is 7.09. The number of nitrogens with one attached hydrogen (secondary N) is 1. The molecule has 3 aromatic rings. The Balaban J connectivity index is 1.55. The number of para-hydroxylation sites is 1. The summed E-state index contributed by atoms with van der Waals surface area (Å²) in [6.07, 6.45) is 3.19. The van der Waals surface area contributed by atoms with E-state index >= 15 is 0 Å². The lowest BCUT2D eigenvalue weighted by molar-refractivity contribution is 0.222. The molecule has 24 heavy (non-hydrogen) atoms. The minimum Gasteiger partial charge on any atom is -0.464 e. The normalized spacial score (nSPS) is 18.0. The van der Waals surface area contributed by atoms with Crippen LogP contribution >= 0.6 is 11.3 Å². The molecule has 4 nitrogen and oxygen atoms in total. The predicted octanol–water partition coefficient (Wildman–Crippen LogP) is 3.81. The van der Waals surface area contributed by atoms with E-state index < -0.39 is 0 Å². The summed E-state index contributed by atoms with van der Waals surface area (Å²) in [5, 5.41) is 4.71. The Labute approximate surface area is 146 Å². The number of hydrogen-bond donors (Lipinski definition) is 1. The molecule has 0 amide bonds. The third kappa shape index (κ3) is 3.38. The van der Waals surface area contributed by atoms with E-state index in [0.717, 1.165) is 49.9 Å². The Hall–Kier alpha value is -1.69. The molecule has 1 aromatic carbocycles. The molecule has 1 fully saturated rings. The van der Waals surface area contributed by atoms with Gasteiger partial charge in [-0.3, -0.25) is 4.90 Å². The fourth-order valence-corrected chi connectivity index (χ4v) is 4.32. The van der Waals surface area contributed by atoms with Crippen molar-refractivity contribution in [1.29, 1.82) is 0 Å². The van der Waals surface area contributed by atoms with Crippen molar-refractivity contribution < 1.29 is 4.42 Å². The Kier molecular flexibility index (Phi) is 4.65. The maximum atomic E-state index is 5.73. The predicted molar refractivity (Wildman–Crippen MR) is 98.2 cm³/mol. The van der Waals surface area contributed by atoms with E-state index in [1.807, 2.05) is 23.9 Å². The molecule has 2 aromatic heterocycles. The van der Waals surface area contributed by atoms with Crippen LogP contribution in [0.1, 0.15) is 22.6 Å². The van der Waals surface area contributed by atoms with Crippen LogP contribution in [0, 0.1) is 12.8 Å². The third-order valence-electron chi connectivity index (χ3n) is 4.85. The van der Waals surface area contributed by atoms with E-state index in [1.165, 1.54) is 22.2 Å². The van der Waals surface area contributed by atoms with Gasteiger partial charge in [-0.2, -0.15) is 0 Å². The zero-order valence-electron chi connectivity index (χ0n) is 14.0. The summed E-state index contributed by atoms with van der Waals surface area (Å²) in [4.78, 5) is 8.33. The van der Waals surface area contributed by atoms with Gasteiger partial charge in [0, 0.05) is 35.5 Å². The Morgan fingerprint density at radius 1 is 1.33 bits per heavy atom. The number of benzene rings is 1. The molecule has 5 heteroatoms. The molecule has 0 radical (unpaired) electrons. The van der Waals surface area contributed by atoms with Crippen LogP contribution in [0.3, 0.4) is 0 Å². The number of aromatic nitrogens is 1. The van der Waals surface area contributed by atoms with Gasteiger partial charge in [-0.25, -0.2) is 4.98 Å². The lowest BCUT2D eigenvalue weighted by Gasteiger charge is -2.24. The van der Waals surface area contributed by atoms with Gasteiger partial charge in [-0.1, -0.05) is 18.2 Å². The molecule has 1 unspecified atom stereocenters. The number of nitrogens with zero attached hydrogens (tertiary/aromatic N) is 2. The number of aryl methyl sites for hydroxylation is 1. The van der Waals surface area contributed by atoms with Gasteiger partial charge >= 0.3 is 0 Å². The van der Waals surface area contributed by atoms with Crippen molar-refractivity contribution in [3.8, 4) is 0 Å². The van der Waals surface area contributed by atoms with Gasteiger partial charge in [0.05, 0.1) is 17.5 Å². The van der Waals surface area contributed by atoms with Crippen LogP contribution in [-0.2, 0) is 13.1 Å². The molecule has 1 aliphatic heterocycles. The van der Waals surface area contributed by atoms with Gasteiger partial charge in [0.2, 0.25) is 0 Å².